The van der Waals surface area contributed by atoms with E-state index < -0.39 is 0 Å². The molecule has 0 saturated carbocycles. The van der Waals surface area contributed by atoms with Crippen molar-refractivity contribution in [1.82, 2.24) is 0 Å². The first-order valence-corrected chi connectivity index (χ1v) is 4.15. The molecule has 0 amide bonds. The van der Waals surface area contributed by atoms with E-state index in [4.69, 9.17) is 0 Å². The predicted molar refractivity (Wildman–Crippen MR) is 49.4 cm³/mol. The van der Waals surface area contributed by atoms with Gasteiger partial charge in [-0.3, -0.25) is 0 Å². The molecule has 0 fully saturated rings. The fraction of sp³-hybridized carbons (Fsp3) is 0.545. The molecule has 1 atom stereocenters. The van der Waals surface area contributed by atoms with E-state index in [-0.39, 0.29) is 0 Å². The van der Waals surface area contributed by atoms with E-state index in [2.05, 4.69) is 40.3 Å². The van der Waals surface area contributed by atoms with Crippen LogP contribution in [0.4, 0.5) is 0 Å². The molecular weight excluding hydrogens is 132 g/mol. The highest BCUT2D eigenvalue weighted by Crippen LogP contribution is 2.28. The zero-order valence-corrected chi connectivity index (χ0v) is 8.08. The Morgan fingerprint density at radius 2 is 1.64 bits per heavy atom. The number of rotatable bonds is 0. The zero-order valence-electron chi connectivity index (χ0n) is 8.08. The molecule has 0 saturated heterocycles. The molecule has 1 rings (SSSR count). The van der Waals surface area contributed by atoms with Crippen LogP contribution in [0.2, 0.25) is 0 Å². The van der Waals surface area contributed by atoms with Gasteiger partial charge in [0.2, 0.25) is 0 Å². The molecule has 0 heterocycles. The van der Waals surface area contributed by atoms with E-state index >= 15 is 0 Å². The minimum absolute atomic E-state index is 0.596. The molecule has 60 valence electrons. The Morgan fingerprint density at radius 1 is 1.09 bits per heavy atom. The molecule has 0 heteroatoms. The van der Waals surface area contributed by atoms with Crippen molar-refractivity contribution in [3.63, 3.8) is 0 Å². The van der Waals surface area contributed by atoms with Gasteiger partial charge < -0.3 is 0 Å². The van der Waals surface area contributed by atoms with Gasteiger partial charge in [0, 0.05) is 5.92 Å². The first kappa shape index (κ1) is 8.36. The quantitative estimate of drug-likeness (QED) is 0.461. The molecule has 0 N–H and O–H groups in total. The topological polar surface area (TPSA) is 0 Å². The number of hydrogen-bond donors (Lipinski definition) is 0. The number of hydrogen-bond acceptors (Lipinski definition) is 0. The Bertz CT molecular complexity index is 270. The van der Waals surface area contributed by atoms with Crippen LogP contribution in [-0.4, -0.2) is 0 Å². The first-order valence-electron chi connectivity index (χ1n) is 4.15. The molecule has 0 bridgehead atoms. The summed E-state index contributed by atoms with van der Waals surface area (Å²) < 4.78 is 0. The van der Waals surface area contributed by atoms with Crippen molar-refractivity contribution in [2.24, 2.45) is 5.92 Å². The summed E-state index contributed by atoms with van der Waals surface area (Å²) in [5.74, 6) is 0.596. The molecule has 1 aliphatic rings. The Kier molecular flexibility index (Phi) is 2.06. The predicted octanol–water partition coefficient (Wildman–Crippen LogP) is 3.46. The van der Waals surface area contributed by atoms with Crippen LogP contribution >= 0.6 is 0 Å². The fourth-order valence-electron chi connectivity index (χ4n) is 1.44. The molecule has 0 aromatic heterocycles. The lowest BCUT2D eigenvalue weighted by Crippen LogP contribution is -2.04. The average Bonchev–Trinajstić information content (AvgIpc) is 1.97. The fourth-order valence-corrected chi connectivity index (χ4v) is 1.44. The molecule has 0 spiro atoms. The molecular formula is C11H16. The van der Waals surface area contributed by atoms with Crippen molar-refractivity contribution < 1.29 is 0 Å². The zero-order chi connectivity index (χ0) is 8.59. The average molecular weight is 148 g/mol. The molecule has 1 unspecified atom stereocenters. The van der Waals surface area contributed by atoms with Crippen LogP contribution in [0.5, 0.6) is 0 Å². The Balaban J connectivity index is 3.25. The minimum atomic E-state index is 0.596. The normalized spacial score (nSPS) is 25.0. The SMILES string of the molecule is CC1=C=C(C)C(C)C(C)=C1C. The van der Waals surface area contributed by atoms with E-state index in [1.165, 1.54) is 22.3 Å². The van der Waals surface area contributed by atoms with Crippen LogP contribution in [-0.2, 0) is 0 Å². The third-order valence-electron chi connectivity index (χ3n) is 2.84. The van der Waals surface area contributed by atoms with Crippen molar-refractivity contribution >= 4 is 0 Å². The Hall–Kier alpha value is -0.740. The van der Waals surface area contributed by atoms with Gasteiger partial charge in [0.25, 0.3) is 0 Å². The van der Waals surface area contributed by atoms with Crippen molar-refractivity contribution in [3.05, 3.63) is 28.0 Å². The number of allylic oxidation sites excluding steroid dienone is 3. The highest BCUT2D eigenvalue weighted by atomic mass is 14.2. The second-order valence-corrected chi connectivity index (χ2v) is 3.46. The molecule has 1 aliphatic carbocycles. The van der Waals surface area contributed by atoms with Gasteiger partial charge in [-0.25, -0.2) is 0 Å². The monoisotopic (exact) mass is 148 g/mol. The third kappa shape index (κ3) is 1.32. The molecule has 11 heavy (non-hydrogen) atoms. The highest BCUT2D eigenvalue weighted by Gasteiger charge is 2.13. The van der Waals surface area contributed by atoms with Gasteiger partial charge in [-0.1, -0.05) is 12.5 Å². The first-order chi connectivity index (χ1) is 5.04. The van der Waals surface area contributed by atoms with Crippen LogP contribution in [0.25, 0.3) is 0 Å². The van der Waals surface area contributed by atoms with Crippen molar-refractivity contribution in [2.45, 2.75) is 34.6 Å². The van der Waals surface area contributed by atoms with Crippen LogP contribution in [0.15, 0.2) is 28.0 Å². The standard InChI is InChI=1S/C11H16/c1-7-6-8(2)10(4)11(5)9(7)3/h9H,1-5H3. The van der Waals surface area contributed by atoms with Gasteiger partial charge in [0.05, 0.1) is 0 Å². The second-order valence-electron chi connectivity index (χ2n) is 3.46. The van der Waals surface area contributed by atoms with Gasteiger partial charge >= 0.3 is 0 Å². The summed E-state index contributed by atoms with van der Waals surface area (Å²) in [4.78, 5) is 0. The van der Waals surface area contributed by atoms with E-state index in [1.807, 2.05) is 0 Å². The smallest absolute Gasteiger partial charge is 0.00551 e. The maximum Gasteiger partial charge on any atom is 0.00551 e. The lowest BCUT2D eigenvalue weighted by molar-refractivity contribution is 0.779. The van der Waals surface area contributed by atoms with Crippen LogP contribution in [0.1, 0.15) is 34.6 Å². The van der Waals surface area contributed by atoms with Gasteiger partial charge in [-0.05, 0) is 44.4 Å². The van der Waals surface area contributed by atoms with E-state index in [9.17, 15) is 0 Å². The Morgan fingerprint density at radius 3 is 2.18 bits per heavy atom. The van der Waals surface area contributed by atoms with E-state index in [0.717, 1.165) is 0 Å². The van der Waals surface area contributed by atoms with E-state index in [0.29, 0.717) is 5.92 Å². The maximum atomic E-state index is 3.38. The maximum absolute atomic E-state index is 3.38. The summed E-state index contributed by atoms with van der Waals surface area (Å²) in [5.41, 5.74) is 8.97. The molecule has 0 radical (unpaired) electrons. The lowest BCUT2D eigenvalue weighted by Gasteiger charge is -2.19. The Labute approximate surface area is 69.3 Å². The molecule has 0 aliphatic heterocycles. The van der Waals surface area contributed by atoms with Gasteiger partial charge in [-0.2, -0.15) is 0 Å². The van der Waals surface area contributed by atoms with Crippen molar-refractivity contribution in [1.29, 1.82) is 0 Å². The summed E-state index contributed by atoms with van der Waals surface area (Å²) in [6.07, 6.45) is 0. The highest BCUT2D eigenvalue weighted by molar-refractivity contribution is 5.39. The summed E-state index contributed by atoms with van der Waals surface area (Å²) in [6, 6.07) is 0. The summed E-state index contributed by atoms with van der Waals surface area (Å²) >= 11 is 0. The summed E-state index contributed by atoms with van der Waals surface area (Å²) in [5, 5.41) is 0. The molecule has 0 aromatic carbocycles. The largest absolute Gasteiger partial charge is 0.118 e. The van der Waals surface area contributed by atoms with Gasteiger partial charge in [0.15, 0.2) is 0 Å². The van der Waals surface area contributed by atoms with Crippen molar-refractivity contribution in [3.8, 4) is 0 Å². The third-order valence-corrected chi connectivity index (χ3v) is 2.84. The molecule has 0 nitrogen and oxygen atoms in total. The van der Waals surface area contributed by atoms with E-state index in [1.54, 1.807) is 0 Å². The van der Waals surface area contributed by atoms with Gasteiger partial charge in [-0.15, -0.1) is 5.73 Å². The van der Waals surface area contributed by atoms with Gasteiger partial charge in [0.1, 0.15) is 0 Å². The minimum Gasteiger partial charge on any atom is -0.118 e. The lowest BCUT2D eigenvalue weighted by atomic mass is 9.86. The summed E-state index contributed by atoms with van der Waals surface area (Å²) in [6.45, 7) is 10.9. The molecule has 0 aromatic rings. The van der Waals surface area contributed by atoms with Crippen LogP contribution in [0, 0.1) is 5.92 Å². The van der Waals surface area contributed by atoms with Crippen LogP contribution < -0.4 is 0 Å². The van der Waals surface area contributed by atoms with Crippen LogP contribution in [0.3, 0.4) is 0 Å². The second kappa shape index (κ2) is 2.71. The summed E-state index contributed by atoms with van der Waals surface area (Å²) in [7, 11) is 0. The van der Waals surface area contributed by atoms with Crippen molar-refractivity contribution in [2.75, 3.05) is 0 Å².